The van der Waals surface area contributed by atoms with Gasteiger partial charge in [-0.1, -0.05) is 0 Å². The van der Waals surface area contributed by atoms with E-state index in [4.69, 9.17) is 0 Å². The van der Waals surface area contributed by atoms with E-state index >= 15 is 0 Å². The zero-order valence-electron chi connectivity index (χ0n) is 13.9. The Kier molecular flexibility index (Phi) is 5.09. The van der Waals surface area contributed by atoms with E-state index in [2.05, 4.69) is 10.4 Å². The molecule has 4 nitrogen and oxygen atoms in total. The Balaban J connectivity index is 1.55. The zero-order valence-corrected chi connectivity index (χ0v) is 17.8. The molecule has 1 N–H and O–H groups in total. The Hall–Kier alpha value is -0.651. The fraction of sp³-hybridized carbons (Fsp3) is 0.562. The van der Waals surface area contributed by atoms with Gasteiger partial charge in [-0.15, -0.1) is 0 Å². The van der Waals surface area contributed by atoms with Gasteiger partial charge in [0.05, 0.1) is 0 Å². The minimum atomic E-state index is -4.24. The standard InChI is InChI=1S/C16H16F5IN4Se/c17-11(18)8-25-5-4-15(6-9(15)7-25)23-12-3-1-2-10-13(27-16(19,20)21)14(22)24-26(10)12/h1-3,9,11,23H,4-8H2. The summed E-state index contributed by atoms with van der Waals surface area (Å²) >= 11 is 0.185. The number of pyridine rings is 1. The van der Waals surface area contributed by atoms with Crippen LogP contribution in [-0.2, 0) is 0 Å². The van der Waals surface area contributed by atoms with E-state index in [1.165, 1.54) is 0 Å². The van der Waals surface area contributed by atoms with Crippen molar-refractivity contribution in [3.05, 3.63) is 21.9 Å². The van der Waals surface area contributed by atoms with Crippen LogP contribution in [0.2, 0.25) is 0 Å². The first-order valence-corrected chi connectivity index (χ1v) is 11.2. The molecule has 2 aromatic rings. The molecule has 0 amide bonds. The van der Waals surface area contributed by atoms with Crippen LogP contribution in [0.1, 0.15) is 12.8 Å². The van der Waals surface area contributed by atoms with Crippen molar-refractivity contribution in [3.63, 3.8) is 0 Å². The summed E-state index contributed by atoms with van der Waals surface area (Å²) in [4.78, 5) is 1.78. The predicted octanol–water partition coefficient (Wildman–Crippen LogP) is 2.93. The van der Waals surface area contributed by atoms with Gasteiger partial charge < -0.3 is 0 Å². The Labute approximate surface area is 172 Å². The Morgan fingerprint density at radius 1 is 1.37 bits per heavy atom. The van der Waals surface area contributed by atoms with Crippen molar-refractivity contribution >= 4 is 53.3 Å². The van der Waals surface area contributed by atoms with Crippen LogP contribution in [-0.4, -0.2) is 66.1 Å². The van der Waals surface area contributed by atoms with Gasteiger partial charge in [-0.25, -0.2) is 0 Å². The number of halogens is 6. The number of fused-ring (bicyclic) bond motifs is 2. The Bertz CT molecular complexity index is 857. The van der Waals surface area contributed by atoms with Crippen LogP contribution in [0, 0.1) is 9.62 Å². The summed E-state index contributed by atoms with van der Waals surface area (Å²) in [5.41, 5.74) is 0.296. The van der Waals surface area contributed by atoms with E-state index in [-0.39, 0.29) is 22.5 Å². The number of likely N-dealkylation sites (tertiary alicyclic amines) is 1. The third-order valence-electron chi connectivity index (χ3n) is 5.15. The maximum atomic E-state index is 12.9. The van der Waals surface area contributed by atoms with Gasteiger partial charge in [0, 0.05) is 0 Å². The van der Waals surface area contributed by atoms with Gasteiger partial charge in [-0.05, 0) is 0 Å². The number of rotatable bonds is 5. The van der Waals surface area contributed by atoms with Crippen LogP contribution in [0.25, 0.3) is 5.52 Å². The summed E-state index contributed by atoms with van der Waals surface area (Å²) in [6.07, 6.45) is -0.725. The molecule has 0 radical (unpaired) electrons. The van der Waals surface area contributed by atoms with Crippen LogP contribution in [0.5, 0.6) is 0 Å². The summed E-state index contributed by atoms with van der Waals surface area (Å²) in [7, 11) is 0. The van der Waals surface area contributed by atoms with Crippen molar-refractivity contribution in [2.24, 2.45) is 5.92 Å². The number of hydrogen-bond donors (Lipinski definition) is 1. The van der Waals surface area contributed by atoms with Crippen LogP contribution in [0.15, 0.2) is 18.2 Å². The molecule has 2 unspecified atom stereocenters. The molecular weight excluding hydrogens is 549 g/mol. The quantitative estimate of drug-likeness (QED) is 0.344. The summed E-state index contributed by atoms with van der Waals surface area (Å²) in [6.45, 7) is 0.998. The SMILES string of the molecule is FC(F)CN1CCC2(Nc3cccc4c([Se]C(F)(F)F)c(I)nn34)CC2C1. The molecule has 148 valence electrons. The van der Waals surface area contributed by atoms with Crippen LogP contribution in [0.3, 0.4) is 0 Å². The third-order valence-corrected chi connectivity index (χ3v) is 8.48. The molecule has 1 saturated heterocycles. The monoisotopic (exact) mass is 566 g/mol. The number of anilines is 1. The number of alkyl halides is 5. The van der Waals surface area contributed by atoms with Crippen molar-refractivity contribution in [1.82, 2.24) is 14.5 Å². The Morgan fingerprint density at radius 2 is 2.15 bits per heavy atom. The molecule has 1 aliphatic heterocycles. The third kappa shape index (κ3) is 4.06. The average molecular weight is 565 g/mol. The summed E-state index contributed by atoms with van der Waals surface area (Å²) in [5, 5.41) is 3.54. The van der Waals surface area contributed by atoms with Gasteiger partial charge in [0.2, 0.25) is 0 Å². The van der Waals surface area contributed by atoms with Crippen molar-refractivity contribution in [3.8, 4) is 0 Å². The first-order chi connectivity index (χ1) is 12.7. The number of piperidine rings is 1. The van der Waals surface area contributed by atoms with E-state index < -0.39 is 26.5 Å². The van der Waals surface area contributed by atoms with Gasteiger partial charge in [0.25, 0.3) is 0 Å². The maximum absolute atomic E-state index is 12.9. The molecular formula is C16H16F5IN4Se. The van der Waals surface area contributed by atoms with E-state index in [1.807, 2.05) is 22.6 Å². The van der Waals surface area contributed by atoms with Gasteiger partial charge in [-0.3, -0.25) is 0 Å². The normalized spacial score (nSPS) is 25.8. The Morgan fingerprint density at radius 3 is 2.81 bits per heavy atom. The molecule has 0 bridgehead atoms. The average Bonchev–Trinajstić information content (AvgIpc) is 3.17. The molecule has 2 atom stereocenters. The van der Waals surface area contributed by atoms with Crippen molar-refractivity contribution in [2.45, 2.75) is 29.9 Å². The summed E-state index contributed by atoms with van der Waals surface area (Å²) < 4.78 is 66.0. The summed E-state index contributed by atoms with van der Waals surface area (Å²) in [6, 6.07) is 5.18. The number of aromatic nitrogens is 2. The van der Waals surface area contributed by atoms with Crippen molar-refractivity contribution in [1.29, 1.82) is 0 Å². The topological polar surface area (TPSA) is 32.6 Å². The fourth-order valence-corrected chi connectivity index (χ4v) is 6.20. The second-order valence-corrected chi connectivity index (χ2v) is 10.2. The van der Waals surface area contributed by atoms with Crippen molar-refractivity contribution < 1.29 is 22.0 Å². The molecule has 1 saturated carbocycles. The molecule has 3 heterocycles. The van der Waals surface area contributed by atoms with E-state index in [0.717, 1.165) is 12.8 Å². The molecule has 4 rings (SSSR count). The van der Waals surface area contributed by atoms with Gasteiger partial charge in [0.15, 0.2) is 0 Å². The molecule has 27 heavy (non-hydrogen) atoms. The molecule has 0 spiro atoms. The molecule has 11 heteroatoms. The second kappa shape index (κ2) is 7.00. The van der Waals surface area contributed by atoms with Crippen LogP contribution < -0.4 is 9.78 Å². The van der Waals surface area contributed by atoms with E-state index in [0.29, 0.717) is 28.1 Å². The number of hydrogen-bond acceptors (Lipinski definition) is 3. The van der Waals surface area contributed by atoms with Gasteiger partial charge in [-0.2, -0.15) is 0 Å². The first kappa shape index (κ1) is 19.7. The molecule has 2 aliphatic rings. The van der Waals surface area contributed by atoms with E-state index in [9.17, 15) is 22.0 Å². The van der Waals surface area contributed by atoms with Gasteiger partial charge in [0.1, 0.15) is 0 Å². The first-order valence-electron chi connectivity index (χ1n) is 8.38. The van der Waals surface area contributed by atoms with Crippen LogP contribution in [0.4, 0.5) is 27.8 Å². The molecule has 0 aromatic carbocycles. The minimum absolute atomic E-state index is 0.167. The zero-order chi connectivity index (χ0) is 19.4. The molecule has 1 aliphatic carbocycles. The number of nitrogens with one attached hydrogen (secondary N) is 1. The molecule has 2 fully saturated rings. The van der Waals surface area contributed by atoms with Crippen LogP contribution >= 0.6 is 22.6 Å². The second-order valence-electron chi connectivity index (χ2n) is 6.96. The fourth-order valence-electron chi connectivity index (χ4n) is 3.84. The van der Waals surface area contributed by atoms with Gasteiger partial charge >= 0.3 is 172 Å². The van der Waals surface area contributed by atoms with E-state index in [1.54, 1.807) is 27.6 Å². The number of nitrogens with zero attached hydrogens (tertiary/aromatic N) is 3. The predicted molar refractivity (Wildman–Crippen MR) is 101 cm³/mol. The summed E-state index contributed by atoms with van der Waals surface area (Å²) in [5.74, 6) is 0.924. The van der Waals surface area contributed by atoms with Crippen molar-refractivity contribution in [2.75, 3.05) is 25.0 Å². The molecule has 2 aromatic heterocycles.